The number of amides is 1. The fraction of sp³-hybridized carbons (Fsp3) is 0.588. The first-order valence-electron chi connectivity index (χ1n) is 7.51. The van der Waals surface area contributed by atoms with Crippen molar-refractivity contribution >= 4 is 22.0 Å². The highest BCUT2D eigenvalue weighted by atomic mass is 79.9. The van der Waals surface area contributed by atoms with Crippen molar-refractivity contribution in [3.05, 3.63) is 34.3 Å². The number of halogens is 1. The number of likely N-dealkylation sites (tertiary alicyclic amines) is 1. The number of hydrogen-bond acceptors (Lipinski definition) is 2. The summed E-state index contributed by atoms with van der Waals surface area (Å²) in [5.41, 5.74) is 0.915. The van der Waals surface area contributed by atoms with Crippen LogP contribution in [0.5, 0.6) is 0 Å². The van der Waals surface area contributed by atoms with Crippen LogP contribution >= 0.6 is 15.9 Å². The maximum atomic E-state index is 12.2. The Morgan fingerprint density at radius 3 is 2.67 bits per heavy atom. The molecular weight excluding hydrogens is 330 g/mol. The minimum absolute atomic E-state index is 0.192. The van der Waals surface area contributed by atoms with Crippen LogP contribution in [0.4, 0.5) is 4.79 Å². The highest BCUT2D eigenvalue weighted by molar-refractivity contribution is 9.10. The van der Waals surface area contributed by atoms with E-state index in [-0.39, 0.29) is 12.1 Å². The SMILES string of the molecule is C[C@H]1C[C@@H](c2cccc(Br)c2)CCN1C(=O)OC(C)(C)C. The molecule has 1 aliphatic heterocycles. The number of benzene rings is 1. The van der Waals surface area contributed by atoms with Crippen LogP contribution in [0.1, 0.15) is 52.0 Å². The van der Waals surface area contributed by atoms with Crippen LogP contribution in [0.2, 0.25) is 0 Å². The van der Waals surface area contributed by atoms with Gasteiger partial charge in [-0.1, -0.05) is 28.1 Å². The highest BCUT2D eigenvalue weighted by Gasteiger charge is 2.32. The largest absolute Gasteiger partial charge is 0.444 e. The molecule has 1 aromatic carbocycles. The quantitative estimate of drug-likeness (QED) is 0.714. The molecular formula is C17H24BrNO2. The molecule has 4 heteroatoms. The first-order valence-corrected chi connectivity index (χ1v) is 8.30. The molecule has 1 aliphatic rings. The molecule has 0 N–H and O–H groups in total. The molecule has 1 saturated heterocycles. The van der Waals surface area contributed by atoms with Gasteiger partial charge >= 0.3 is 6.09 Å². The van der Waals surface area contributed by atoms with Gasteiger partial charge in [0.1, 0.15) is 5.60 Å². The lowest BCUT2D eigenvalue weighted by molar-refractivity contribution is 0.0103. The van der Waals surface area contributed by atoms with Gasteiger partial charge in [-0.2, -0.15) is 0 Å². The predicted octanol–water partition coefficient (Wildman–Crippen LogP) is 4.95. The van der Waals surface area contributed by atoms with Crippen molar-refractivity contribution in [2.24, 2.45) is 0 Å². The molecule has 0 unspecified atom stereocenters. The first-order chi connectivity index (χ1) is 9.76. The Morgan fingerprint density at radius 1 is 1.38 bits per heavy atom. The monoisotopic (exact) mass is 353 g/mol. The van der Waals surface area contributed by atoms with Gasteiger partial charge < -0.3 is 9.64 Å². The van der Waals surface area contributed by atoms with Gasteiger partial charge in [-0.15, -0.1) is 0 Å². The fourth-order valence-corrected chi connectivity index (χ4v) is 3.24. The van der Waals surface area contributed by atoms with Gasteiger partial charge in [0.15, 0.2) is 0 Å². The van der Waals surface area contributed by atoms with E-state index in [0.29, 0.717) is 5.92 Å². The summed E-state index contributed by atoms with van der Waals surface area (Å²) in [7, 11) is 0. The molecule has 2 atom stereocenters. The van der Waals surface area contributed by atoms with Crippen molar-refractivity contribution in [2.45, 2.75) is 58.1 Å². The normalized spacial score (nSPS) is 23.0. The maximum absolute atomic E-state index is 12.2. The molecule has 0 bridgehead atoms. The van der Waals surface area contributed by atoms with E-state index in [0.717, 1.165) is 23.9 Å². The number of rotatable bonds is 1. The summed E-state index contributed by atoms with van der Waals surface area (Å²) in [6.45, 7) is 8.58. The van der Waals surface area contributed by atoms with E-state index in [2.05, 4.69) is 41.1 Å². The lowest BCUT2D eigenvalue weighted by Gasteiger charge is -2.38. The van der Waals surface area contributed by atoms with Crippen LogP contribution < -0.4 is 0 Å². The molecule has 116 valence electrons. The van der Waals surface area contributed by atoms with E-state index in [1.54, 1.807) is 0 Å². The Hall–Kier alpha value is -1.03. The maximum Gasteiger partial charge on any atom is 0.410 e. The Morgan fingerprint density at radius 2 is 2.10 bits per heavy atom. The zero-order chi connectivity index (χ0) is 15.6. The number of piperidine rings is 1. The van der Waals surface area contributed by atoms with Gasteiger partial charge in [-0.3, -0.25) is 0 Å². The van der Waals surface area contributed by atoms with Gasteiger partial charge in [0.25, 0.3) is 0 Å². The number of carbonyl (C=O) groups is 1. The van der Waals surface area contributed by atoms with Gasteiger partial charge in [0.05, 0.1) is 0 Å². The van der Waals surface area contributed by atoms with Crippen molar-refractivity contribution in [2.75, 3.05) is 6.54 Å². The van der Waals surface area contributed by atoms with Crippen LogP contribution in [0.3, 0.4) is 0 Å². The summed E-state index contributed by atoms with van der Waals surface area (Å²) in [6.07, 6.45) is 1.78. The van der Waals surface area contributed by atoms with Gasteiger partial charge in [0, 0.05) is 17.1 Å². The van der Waals surface area contributed by atoms with Crippen molar-refractivity contribution < 1.29 is 9.53 Å². The van der Waals surface area contributed by atoms with E-state index in [4.69, 9.17) is 4.74 Å². The Balaban J connectivity index is 2.01. The van der Waals surface area contributed by atoms with Crippen molar-refractivity contribution in [3.63, 3.8) is 0 Å². The summed E-state index contributed by atoms with van der Waals surface area (Å²) in [4.78, 5) is 14.1. The second kappa shape index (κ2) is 6.39. The Kier molecular flexibility index (Phi) is 4.97. The van der Waals surface area contributed by atoms with E-state index in [1.165, 1.54) is 5.56 Å². The van der Waals surface area contributed by atoms with Gasteiger partial charge in [-0.25, -0.2) is 4.79 Å². The lowest BCUT2D eigenvalue weighted by Crippen LogP contribution is -2.46. The third kappa shape index (κ3) is 4.47. The molecule has 0 radical (unpaired) electrons. The molecule has 2 rings (SSSR count). The average molecular weight is 354 g/mol. The molecule has 1 amide bonds. The summed E-state index contributed by atoms with van der Waals surface area (Å²) in [5.74, 6) is 0.510. The van der Waals surface area contributed by atoms with Crippen LogP contribution in [0.15, 0.2) is 28.7 Å². The molecule has 1 aromatic rings. The molecule has 21 heavy (non-hydrogen) atoms. The minimum atomic E-state index is -0.433. The molecule has 0 aliphatic carbocycles. The first kappa shape index (κ1) is 16.3. The number of carbonyl (C=O) groups excluding carboxylic acids is 1. The fourth-order valence-electron chi connectivity index (χ4n) is 2.83. The molecule has 0 spiro atoms. The smallest absolute Gasteiger partial charge is 0.410 e. The van der Waals surface area contributed by atoms with Crippen LogP contribution in [-0.2, 0) is 4.74 Å². The Bertz CT molecular complexity index is 510. The molecule has 0 aromatic heterocycles. The number of ether oxygens (including phenoxy) is 1. The average Bonchev–Trinajstić information content (AvgIpc) is 2.36. The second-order valence-electron chi connectivity index (χ2n) is 6.80. The van der Waals surface area contributed by atoms with Crippen molar-refractivity contribution in [1.29, 1.82) is 0 Å². The summed E-state index contributed by atoms with van der Waals surface area (Å²) in [5, 5.41) is 0. The zero-order valence-corrected chi connectivity index (χ0v) is 14.8. The molecule has 1 heterocycles. The minimum Gasteiger partial charge on any atom is -0.444 e. The van der Waals surface area contributed by atoms with Crippen LogP contribution in [0, 0.1) is 0 Å². The van der Waals surface area contributed by atoms with Crippen molar-refractivity contribution in [1.82, 2.24) is 4.90 Å². The molecule has 3 nitrogen and oxygen atoms in total. The zero-order valence-electron chi connectivity index (χ0n) is 13.2. The molecule has 0 saturated carbocycles. The topological polar surface area (TPSA) is 29.5 Å². The van der Waals surface area contributed by atoms with Gasteiger partial charge in [-0.05, 0) is 64.2 Å². The summed E-state index contributed by atoms with van der Waals surface area (Å²) in [6, 6.07) is 8.68. The third-order valence-electron chi connectivity index (χ3n) is 3.82. The summed E-state index contributed by atoms with van der Waals surface area (Å²) >= 11 is 3.53. The van der Waals surface area contributed by atoms with Gasteiger partial charge in [0.2, 0.25) is 0 Å². The summed E-state index contributed by atoms with van der Waals surface area (Å²) < 4.78 is 6.60. The van der Waals surface area contributed by atoms with Crippen LogP contribution in [-0.4, -0.2) is 29.2 Å². The van der Waals surface area contributed by atoms with Crippen LogP contribution in [0.25, 0.3) is 0 Å². The second-order valence-corrected chi connectivity index (χ2v) is 7.71. The lowest BCUT2D eigenvalue weighted by atomic mass is 9.86. The predicted molar refractivity (Wildman–Crippen MR) is 88.5 cm³/mol. The van der Waals surface area contributed by atoms with Crippen molar-refractivity contribution in [3.8, 4) is 0 Å². The van der Waals surface area contributed by atoms with E-state index < -0.39 is 5.60 Å². The third-order valence-corrected chi connectivity index (χ3v) is 4.32. The highest BCUT2D eigenvalue weighted by Crippen LogP contribution is 2.33. The number of nitrogens with zero attached hydrogens (tertiary/aromatic N) is 1. The Labute approximate surface area is 135 Å². The van der Waals surface area contributed by atoms with E-state index in [9.17, 15) is 4.79 Å². The van der Waals surface area contributed by atoms with E-state index in [1.807, 2.05) is 31.7 Å². The number of hydrogen-bond donors (Lipinski definition) is 0. The molecule has 1 fully saturated rings. The van der Waals surface area contributed by atoms with E-state index >= 15 is 0 Å². The standard InChI is InChI=1S/C17H24BrNO2/c1-12-10-14(13-6-5-7-15(18)11-13)8-9-19(12)16(20)21-17(2,3)4/h5-7,11-12,14H,8-10H2,1-4H3/t12-,14-/m0/s1.